The molecule has 0 radical (unpaired) electrons. The van der Waals surface area contributed by atoms with Crippen molar-refractivity contribution in [1.29, 1.82) is 0 Å². The predicted molar refractivity (Wildman–Crippen MR) is 149 cm³/mol. The Morgan fingerprint density at radius 1 is 0.892 bits per heavy atom. The maximum absolute atomic E-state index is 12.9. The van der Waals surface area contributed by atoms with E-state index in [2.05, 4.69) is 73.7 Å². The lowest BCUT2D eigenvalue weighted by atomic mass is 9.87. The lowest BCUT2D eigenvalue weighted by Gasteiger charge is -2.19. The van der Waals surface area contributed by atoms with Crippen molar-refractivity contribution in [2.24, 2.45) is 0 Å². The van der Waals surface area contributed by atoms with Gasteiger partial charge in [-0.15, -0.1) is 0 Å². The second-order valence-corrected chi connectivity index (χ2v) is 10.3. The standard InChI is InChI=1S/C32H31N3O2/c1-32(2,3)27-14-16-28(17-15-27)37-22-23-8-6-11-25(20-23)31(36)33-30-18-19-35(34-30)21-26-12-7-10-24-9-4-5-13-29(24)26/h4-20H,21-22H2,1-3H3,(H,33,34,36). The van der Waals surface area contributed by atoms with Crippen LogP contribution < -0.4 is 10.1 Å². The van der Waals surface area contributed by atoms with Gasteiger partial charge in [0.15, 0.2) is 5.82 Å². The number of benzene rings is 4. The summed E-state index contributed by atoms with van der Waals surface area (Å²) in [5.41, 5.74) is 4.03. The van der Waals surface area contributed by atoms with Crippen molar-refractivity contribution in [2.75, 3.05) is 5.32 Å². The van der Waals surface area contributed by atoms with Gasteiger partial charge in [-0.05, 0) is 57.1 Å². The molecular weight excluding hydrogens is 458 g/mol. The Hall–Kier alpha value is -4.38. The van der Waals surface area contributed by atoms with Crippen LogP contribution in [0.4, 0.5) is 5.82 Å². The highest BCUT2D eigenvalue weighted by molar-refractivity contribution is 6.03. The van der Waals surface area contributed by atoms with E-state index >= 15 is 0 Å². The molecule has 1 N–H and O–H groups in total. The molecule has 4 aromatic carbocycles. The second-order valence-electron chi connectivity index (χ2n) is 10.3. The van der Waals surface area contributed by atoms with Crippen LogP contribution in [-0.2, 0) is 18.6 Å². The van der Waals surface area contributed by atoms with Crippen LogP contribution in [0, 0.1) is 0 Å². The van der Waals surface area contributed by atoms with E-state index in [0.29, 0.717) is 24.5 Å². The minimum absolute atomic E-state index is 0.103. The Morgan fingerprint density at radius 2 is 1.65 bits per heavy atom. The number of amides is 1. The van der Waals surface area contributed by atoms with Gasteiger partial charge in [-0.3, -0.25) is 9.48 Å². The zero-order valence-corrected chi connectivity index (χ0v) is 21.4. The number of fused-ring (bicyclic) bond motifs is 1. The highest BCUT2D eigenvalue weighted by atomic mass is 16.5. The molecule has 0 aliphatic rings. The van der Waals surface area contributed by atoms with E-state index in [1.54, 1.807) is 6.07 Å². The van der Waals surface area contributed by atoms with Crippen LogP contribution in [0.25, 0.3) is 10.8 Å². The van der Waals surface area contributed by atoms with E-state index in [-0.39, 0.29) is 11.3 Å². The van der Waals surface area contributed by atoms with Gasteiger partial charge in [0.25, 0.3) is 5.91 Å². The molecule has 5 rings (SSSR count). The van der Waals surface area contributed by atoms with Gasteiger partial charge < -0.3 is 10.1 Å². The van der Waals surface area contributed by atoms with E-state index < -0.39 is 0 Å². The molecule has 5 heteroatoms. The number of carbonyl (C=O) groups is 1. The number of anilines is 1. The Morgan fingerprint density at radius 3 is 2.46 bits per heavy atom. The molecule has 1 heterocycles. The zero-order valence-electron chi connectivity index (χ0n) is 21.4. The van der Waals surface area contributed by atoms with Crippen LogP contribution in [0.5, 0.6) is 5.75 Å². The fourth-order valence-electron chi connectivity index (χ4n) is 4.33. The van der Waals surface area contributed by atoms with Crippen LogP contribution in [0.15, 0.2) is 103 Å². The molecule has 0 atom stereocenters. The fourth-order valence-corrected chi connectivity index (χ4v) is 4.33. The number of ether oxygens (including phenoxy) is 1. The van der Waals surface area contributed by atoms with Crippen molar-refractivity contribution in [3.05, 3.63) is 126 Å². The van der Waals surface area contributed by atoms with E-state index in [0.717, 1.165) is 11.3 Å². The molecule has 0 saturated carbocycles. The average Bonchev–Trinajstić information content (AvgIpc) is 3.34. The summed E-state index contributed by atoms with van der Waals surface area (Å²) in [5.74, 6) is 1.12. The molecule has 0 aliphatic carbocycles. The summed E-state index contributed by atoms with van der Waals surface area (Å²) in [6.45, 7) is 7.58. The molecule has 0 aliphatic heterocycles. The highest BCUT2D eigenvalue weighted by Crippen LogP contribution is 2.25. The second kappa shape index (κ2) is 10.3. The maximum Gasteiger partial charge on any atom is 0.256 e. The van der Waals surface area contributed by atoms with Crippen LogP contribution in [-0.4, -0.2) is 15.7 Å². The van der Waals surface area contributed by atoms with Gasteiger partial charge in [0.1, 0.15) is 12.4 Å². The number of rotatable bonds is 7. The number of carbonyl (C=O) groups excluding carboxylic acids is 1. The molecule has 1 amide bonds. The van der Waals surface area contributed by atoms with Crippen molar-refractivity contribution in [1.82, 2.24) is 9.78 Å². The summed E-state index contributed by atoms with van der Waals surface area (Å²) < 4.78 is 7.80. The molecule has 5 aromatic rings. The lowest BCUT2D eigenvalue weighted by Crippen LogP contribution is -2.13. The molecule has 0 spiro atoms. The minimum atomic E-state index is -0.202. The fraction of sp³-hybridized carbons (Fsp3) is 0.188. The number of hydrogen-bond acceptors (Lipinski definition) is 3. The minimum Gasteiger partial charge on any atom is -0.489 e. The summed E-state index contributed by atoms with van der Waals surface area (Å²) in [6, 6.07) is 32.0. The van der Waals surface area contributed by atoms with Crippen molar-refractivity contribution < 1.29 is 9.53 Å². The summed E-state index contributed by atoms with van der Waals surface area (Å²) in [4.78, 5) is 12.9. The van der Waals surface area contributed by atoms with Crippen LogP contribution in [0.1, 0.15) is 47.8 Å². The van der Waals surface area contributed by atoms with Crippen molar-refractivity contribution in [3.8, 4) is 5.75 Å². The smallest absolute Gasteiger partial charge is 0.256 e. The van der Waals surface area contributed by atoms with Gasteiger partial charge in [-0.2, -0.15) is 5.10 Å². The molecule has 0 unspecified atom stereocenters. The summed E-state index contributed by atoms with van der Waals surface area (Å²) in [6.07, 6.45) is 1.88. The molecule has 37 heavy (non-hydrogen) atoms. The number of nitrogens with zero attached hydrogens (tertiary/aromatic N) is 2. The van der Waals surface area contributed by atoms with E-state index in [1.807, 2.05) is 59.4 Å². The Kier molecular flexibility index (Phi) is 6.78. The monoisotopic (exact) mass is 489 g/mol. The predicted octanol–water partition coefficient (Wildman–Crippen LogP) is 7.21. The van der Waals surface area contributed by atoms with Crippen molar-refractivity contribution in [3.63, 3.8) is 0 Å². The van der Waals surface area contributed by atoms with Gasteiger partial charge in [0.05, 0.1) is 6.54 Å². The first-order chi connectivity index (χ1) is 17.8. The first kappa shape index (κ1) is 24.3. The summed E-state index contributed by atoms with van der Waals surface area (Å²) in [7, 11) is 0. The first-order valence-corrected chi connectivity index (χ1v) is 12.5. The molecule has 0 bridgehead atoms. The largest absolute Gasteiger partial charge is 0.489 e. The lowest BCUT2D eigenvalue weighted by molar-refractivity contribution is 0.102. The number of hydrogen-bond donors (Lipinski definition) is 1. The van der Waals surface area contributed by atoms with Crippen LogP contribution in [0.3, 0.4) is 0 Å². The molecule has 0 fully saturated rings. The molecular formula is C32H31N3O2. The average molecular weight is 490 g/mol. The third-order valence-electron chi connectivity index (χ3n) is 6.41. The number of aromatic nitrogens is 2. The molecule has 186 valence electrons. The van der Waals surface area contributed by atoms with Gasteiger partial charge >= 0.3 is 0 Å². The van der Waals surface area contributed by atoms with Crippen LogP contribution >= 0.6 is 0 Å². The quantitative estimate of drug-likeness (QED) is 0.263. The number of nitrogens with one attached hydrogen (secondary N) is 1. The van der Waals surface area contributed by atoms with Gasteiger partial charge in [0, 0.05) is 17.8 Å². The first-order valence-electron chi connectivity index (χ1n) is 12.5. The van der Waals surface area contributed by atoms with Crippen LogP contribution in [0.2, 0.25) is 0 Å². The Bertz CT molecular complexity index is 1520. The normalized spacial score (nSPS) is 11.4. The third-order valence-corrected chi connectivity index (χ3v) is 6.41. The SMILES string of the molecule is CC(C)(C)c1ccc(OCc2cccc(C(=O)Nc3ccn(Cc4cccc5ccccc45)n3)c2)cc1. The molecule has 1 aromatic heterocycles. The third kappa shape index (κ3) is 5.89. The molecule has 0 saturated heterocycles. The summed E-state index contributed by atoms with van der Waals surface area (Å²) in [5, 5.41) is 9.88. The highest BCUT2D eigenvalue weighted by Gasteiger charge is 2.13. The van der Waals surface area contributed by atoms with Gasteiger partial charge in [-0.1, -0.05) is 87.5 Å². The van der Waals surface area contributed by atoms with E-state index in [9.17, 15) is 4.79 Å². The maximum atomic E-state index is 12.9. The van der Waals surface area contributed by atoms with E-state index in [1.165, 1.54) is 21.9 Å². The van der Waals surface area contributed by atoms with Gasteiger partial charge in [0.2, 0.25) is 0 Å². The molecule has 5 nitrogen and oxygen atoms in total. The van der Waals surface area contributed by atoms with Crippen molar-refractivity contribution >= 4 is 22.5 Å². The van der Waals surface area contributed by atoms with Crippen molar-refractivity contribution in [2.45, 2.75) is 39.3 Å². The van der Waals surface area contributed by atoms with Gasteiger partial charge in [-0.25, -0.2) is 0 Å². The Labute approximate surface area is 217 Å². The summed E-state index contributed by atoms with van der Waals surface area (Å²) >= 11 is 0. The topological polar surface area (TPSA) is 56.1 Å². The zero-order chi connectivity index (χ0) is 25.8. The van der Waals surface area contributed by atoms with E-state index in [4.69, 9.17) is 4.74 Å². The Balaban J connectivity index is 1.21.